The van der Waals surface area contributed by atoms with Crippen molar-refractivity contribution in [2.24, 2.45) is 0 Å². The van der Waals surface area contributed by atoms with Crippen LogP contribution in [0.2, 0.25) is 0 Å². The molecule has 0 fully saturated rings. The van der Waals surface area contributed by atoms with Crippen LogP contribution in [0.25, 0.3) is 0 Å². The Labute approximate surface area is 55.1 Å². The molecule has 1 nitrogen and oxygen atoms in total. The van der Waals surface area contributed by atoms with Gasteiger partial charge in [0.15, 0.2) is 5.78 Å². The number of hydrogen-bond acceptors (Lipinski definition) is 1. The second kappa shape index (κ2) is 2.62. The summed E-state index contributed by atoms with van der Waals surface area (Å²) in [6, 6.07) is 0. The molecule has 9 heavy (non-hydrogen) atoms. The summed E-state index contributed by atoms with van der Waals surface area (Å²) >= 11 is 0. The lowest BCUT2D eigenvalue weighted by atomic mass is 10.0. The van der Waals surface area contributed by atoms with Gasteiger partial charge in [-0.1, -0.05) is 18.2 Å². The summed E-state index contributed by atoms with van der Waals surface area (Å²) in [4.78, 5) is 10.7. The maximum atomic E-state index is 10.7. The molecule has 47 valence electrons. The molecule has 1 rings (SSSR count). The molecule has 1 radical (unpaired) electrons. The quantitative estimate of drug-likeness (QED) is 0.515. The van der Waals surface area contributed by atoms with Crippen molar-refractivity contribution in [3.05, 3.63) is 30.2 Å². The summed E-state index contributed by atoms with van der Waals surface area (Å²) in [6.45, 7) is 1.58. The molecule has 0 spiro atoms. The third-order valence-electron chi connectivity index (χ3n) is 1.27. The number of Topliss-reactive ketones (excluding diaryl/α,β-unsaturated/α-hetero) is 1. The molecule has 1 aliphatic carbocycles. The summed E-state index contributed by atoms with van der Waals surface area (Å²) in [5, 5.41) is 0. The third kappa shape index (κ3) is 1.53. The fourth-order valence-corrected chi connectivity index (χ4v) is 0.759. The van der Waals surface area contributed by atoms with Crippen molar-refractivity contribution in [2.45, 2.75) is 13.3 Å². The molecule has 0 aromatic rings. The van der Waals surface area contributed by atoms with Crippen LogP contribution >= 0.6 is 0 Å². The van der Waals surface area contributed by atoms with E-state index in [2.05, 4.69) is 0 Å². The first-order chi connectivity index (χ1) is 4.30. The molecule has 1 heteroatoms. The minimum atomic E-state index is 0.141. The Morgan fingerprint density at radius 2 is 2.44 bits per heavy atom. The maximum absolute atomic E-state index is 10.7. The molecular formula is C8H9O. The smallest absolute Gasteiger partial charge is 0.159 e. The number of carbonyl (C=O) groups excluding carboxylic acids is 1. The van der Waals surface area contributed by atoms with Gasteiger partial charge in [0.1, 0.15) is 0 Å². The van der Waals surface area contributed by atoms with E-state index in [1.54, 1.807) is 6.92 Å². The highest BCUT2D eigenvalue weighted by Crippen LogP contribution is 2.08. The van der Waals surface area contributed by atoms with Crippen molar-refractivity contribution < 1.29 is 4.79 Å². The fourth-order valence-electron chi connectivity index (χ4n) is 0.759. The van der Waals surface area contributed by atoms with Crippen molar-refractivity contribution in [1.82, 2.24) is 0 Å². The molecule has 0 saturated carbocycles. The number of carbonyl (C=O) groups is 1. The first-order valence-electron chi connectivity index (χ1n) is 3.01. The van der Waals surface area contributed by atoms with E-state index in [-0.39, 0.29) is 5.78 Å². The van der Waals surface area contributed by atoms with Gasteiger partial charge in [0.05, 0.1) is 0 Å². The third-order valence-corrected chi connectivity index (χ3v) is 1.27. The minimum absolute atomic E-state index is 0.141. The van der Waals surface area contributed by atoms with E-state index in [9.17, 15) is 4.79 Å². The van der Waals surface area contributed by atoms with Gasteiger partial charge in [-0.15, -0.1) is 0 Å². The van der Waals surface area contributed by atoms with E-state index in [1.807, 2.05) is 24.6 Å². The Morgan fingerprint density at radius 3 is 2.78 bits per heavy atom. The largest absolute Gasteiger partial charge is 0.295 e. The Bertz CT molecular complexity index is 175. The van der Waals surface area contributed by atoms with E-state index in [4.69, 9.17) is 0 Å². The van der Waals surface area contributed by atoms with Gasteiger partial charge >= 0.3 is 0 Å². The maximum Gasteiger partial charge on any atom is 0.159 e. The Balaban J connectivity index is 2.69. The van der Waals surface area contributed by atoms with Crippen LogP contribution in [0.15, 0.2) is 23.8 Å². The number of ketones is 1. The highest BCUT2D eigenvalue weighted by Gasteiger charge is 2.00. The Hall–Kier alpha value is -0.850. The van der Waals surface area contributed by atoms with E-state index in [1.165, 1.54) is 0 Å². The predicted octanol–water partition coefficient (Wildman–Crippen LogP) is 1.67. The predicted molar refractivity (Wildman–Crippen MR) is 36.8 cm³/mol. The molecule has 0 atom stereocenters. The van der Waals surface area contributed by atoms with E-state index in [0.717, 1.165) is 12.0 Å². The highest BCUT2D eigenvalue weighted by molar-refractivity contribution is 5.96. The molecule has 0 amide bonds. The van der Waals surface area contributed by atoms with Crippen molar-refractivity contribution >= 4 is 5.78 Å². The standard InChI is InChI=1S/C8H9O/c1-7(9)8-5-3-2-4-6-8/h3-6H,2H2,1H3. The molecule has 0 aromatic heterocycles. The lowest BCUT2D eigenvalue weighted by molar-refractivity contribution is -0.113. The van der Waals surface area contributed by atoms with Gasteiger partial charge in [0.2, 0.25) is 0 Å². The average molecular weight is 121 g/mol. The minimum Gasteiger partial charge on any atom is -0.295 e. The molecule has 0 aromatic carbocycles. The molecule has 0 aliphatic heterocycles. The van der Waals surface area contributed by atoms with Gasteiger partial charge in [-0.3, -0.25) is 4.79 Å². The summed E-state index contributed by atoms with van der Waals surface area (Å²) in [5.41, 5.74) is 0.807. The zero-order chi connectivity index (χ0) is 6.69. The van der Waals surface area contributed by atoms with Crippen molar-refractivity contribution in [3.8, 4) is 0 Å². The molecular weight excluding hydrogens is 112 g/mol. The lowest BCUT2D eigenvalue weighted by Gasteiger charge is -1.99. The summed E-state index contributed by atoms with van der Waals surface area (Å²) in [5.74, 6) is 0.141. The topological polar surface area (TPSA) is 17.1 Å². The van der Waals surface area contributed by atoms with Gasteiger partial charge in [-0.25, -0.2) is 0 Å². The lowest BCUT2D eigenvalue weighted by Crippen LogP contribution is -1.95. The second-order valence-corrected chi connectivity index (χ2v) is 2.05. The van der Waals surface area contributed by atoms with Gasteiger partial charge in [0.25, 0.3) is 0 Å². The van der Waals surface area contributed by atoms with Crippen LogP contribution in [0.4, 0.5) is 0 Å². The SMILES string of the molecule is CC(=O)C1=C[CH]CC=C1. The van der Waals surface area contributed by atoms with Gasteiger partial charge in [-0.2, -0.15) is 0 Å². The molecule has 0 unspecified atom stereocenters. The van der Waals surface area contributed by atoms with Crippen LogP contribution in [0.5, 0.6) is 0 Å². The molecule has 0 bridgehead atoms. The van der Waals surface area contributed by atoms with Gasteiger partial charge in [0, 0.05) is 5.57 Å². The number of hydrogen-bond donors (Lipinski definition) is 0. The second-order valence-electron chi connectivity index (χ2n) is 2.05. The molecule has 1 aliphatic rings. The molecule has 0 heterocycles. The number of allylic oxidation sites excluding steroid dienone is 4. The zero-order valence-electron chi connectivity index (χ0n) is 5.42. The molecule has 0 saturated heterocycles. The summed E-state index contributed by atoms with van der Waals surface area (Å²) < 4.78 is 0. The highest BCUT2D eigenvalue weighted by atomic mass is 16.1. The summed E-state index contributed by atoms with van der Waals surface area (Å²) in [6.07, 6.45) is 8.65. The summed E-state index contributed by atoms with van der Waals surface area (Å²) in [7, 11) is 0. The first kappa shape index (κ1) is 6.27. The van der Waals surface area contributed by atoms with Crippen LogP contribution in [0.1, 0.15) is 13.3 Å². The van der Waals surface area contributed by atoms with Crippen LogP contribution in [-0.4, -0.2) is 5.78 Å². The van der Waals surface area contributed by atoms with E-state index < -0.39 is 0 Å². The van der Waals surface area contributed by atoms with Crippen LogP contribution in [0, 0.1) is 6.42 Å². The monoisotopic (exact) mass is 121 g/mol. The van der Waals surface area contributed by atoms with Gasteiger partial charge < -0.3 is 0 Å². The van der Waals surface area contributed by atoms with Gasteiger partial charge in [-0.05, 0) is 19.8 Å². The van der Waals surface area contributed by atoms with Crippen LogP contribution in [0.3, 0.4) is 0 Å². The fraction of sp³-hybridized carbons (Fsp3) is 0.250. The van der Waals surface area contributed by atoms with E-state index >= 15 is 0 Å². The average Bonchev–Trinajstić information content (AvgIpc) is 1.90. The van der Waals surface area contributed by atoms with Crippen molar-refractivity contribution in [1.29, 1.82) is 0 Å². The Kier molecular flexibility index (Phi) is 1.83. The van der Waals surface area contributed by atoms with Crippen molar-refractivity contribution in [3.63, 3.8) is 0 Å². The first-order valence-corrected chi connectivity index (χ1v) is 3.01. The zero-order valence-corrected chi connectivity index (χ0v) is 5.42. The van der Waals surface area contributed by atoms with Crippen LogP contribution in [-0.2, 0) is 4.79 Å². The Morgan fingerprint density at radius 1 is 1.67 bits per heavy atom. The molecule has 0 N–H and O–H groups in total. The van der Waals surface area contributed by atoms with Crippen molar-refractivity contribution in [2.75, 3.05) is 0 Å². The van der Waals surface area contributed by atoms with E-state index in [0.29, 0.717) is 0 Å². The van der Waals surface area contributed by atoms with Crippen LogP contribution < -0.4 is 0 Å². The normalized spacial score (nSPS) is 17.2. The number of rotatable bonds is 1.